The summed E-state index contributed by atoms with van der Waals surface area (Å²) in [5, 5.41) is 0. The molecule has 0 heterocycles. The van der Waals surface area contributed by atoms with E-state index in [1.54, 1.807) is 27.7 Å². The van der Waals surface area contributed by atoms with Gasteiger partial charge in [0.1, 0.15) is 38.9 Å². The normalized spacial score (nSPS) is 8.72. The lowest BCUT2D eigenvalue weighted by molar-refractivity contribution is -0.147. The van der Waals surface area contributed by atoms with Crippen molar-refractivity contribution >= 4 is 51.2 Å². The number of methoxy groups -OCH3 is 1. The molecule has 9 heteroatoms. The Labute approximate surface area is 245 Å². The lowest BCUT2D eigenvalue weighted by Gasteiger charge is -2.26. The number of terminal acetylenes is 1. The molecule has 0 saturated carbocycles. The molecule has 0 unspecified atom stereocenters. The fraction of sp³-hybridized carbons (Fsp3) is 0.367. The average molecular weight is 577 g/mol. The second kappa shape index (κ2) is 21.0. The number of carbonyl (C=O) groups excluding carboxylic acids is 2. The van der Waals surface area contributed by atoms with Gasteiger partial charge in [0.2, 0.25) is 0 Å². The quantitative estimate of drug-likeness (QED) is 0.169. The third-order valence-corrected chi connectivity index (χ3v) is 6.23. The van der Waals surface area contributed by atoms with Crippen molar-refractivity contribution in [1.82, 2.24) is 0 Å². The minimum absolute atomic E-state index is 0.0144. The summed E-state index contributed by atoms with van der Waals surface area (Å²) < 4.78 is 18.8. The molecule has 0 spiro atoms. The van der Waals surface area contributed by atoms with E-state index in [9.17, 15) is 9.59 Å². The molecule has 0 bridgehead atoms. The van der Waals surface area contributed by atoms with Gasteiger partial charge in [-0.05, 0) is 69.1 Å². The van der Waals surface area contributed by atoms with Crippen LogP contribution < -0.4 is 0 Å². The molecule has 0 aliphatic rings. The van der Waals surface area contributed by atoms with Crippen LogP contribution in [0.2, 0.25) is 0 Å². The van der Waals surface area contributed by atoms with Crippen molar-refractivity contribution in [1.29, 1.82) is 0 Å². The van der Waals surface area contributed by atoms with Gasteiger partial charge in [-0.15, -0.1) is 6.42 Å². The van der Waals surface area contributed by atoms with E-state index in [0.29, 0.717) is 10.1 Å². The van der Waals surface area contributed by atoms with E-state index in [4.69, 9.17) is 37.6 Å². The van der Waals surface area contributed by atoms with Gasteiger partial charge in [0, 0.05) is 48.6 Å². The lowest BCUT2D eigenvalue weighted by Crippen LogP contribution is -2.34. The molecule has 0 aromatic heterocycles. The third kappa shape index (κ3) is 18.8. The maximum Gasteiger partial charge on any atom is 0.322 e. The van der Waals surface area contributed by atoms with Gasteiger partial charge < -0.3 is 18.9 Å². The van der Waals surface area contributed by atoms with Crippen LogP contribution in [-0.4, -0.2) is 58.5 Å². The van der Waals surface area contributed by atoms with Crippen LogP contribution in [0.15, 0.2) is 0 Å². The molecule has 0 aliphatic carbocycles. The molecule has 0 amide bonds. The fourth-order valence-corrected chi connectivity index (χ4v) is 5.54. The van der Waals surface area contributed by atoms with Gasteiger partial charge in [0.15, 0.2) is 0 Å². The molecular weight excluding hydrogens is 553 g/mol. The second-order valence-electron chi connectivity index (χ2n) is 7.46. The van der Waals surface area contributed by atoms with Crippen LogP contribution in [0, 0.1) is 95.4 Å². The monoisotopic (exact) mass is 576 g/mol. The van der Waals surface area contributed by atoms with Crippen molar-refractivity contribution in [2.75, 3.05) is 33.5 Å². The molecular formula is C30H24O6S3. The summed E-state index contributed by atoms with van der Waals surface area (Å²) in [5.74, 6) is 33.1. The van der Waals surface area contributed by atoms with Crippen molar-refractivity contribution in [3.05, 3.63) is 0 Å². The first-order valence-electron chi connectivity index (χ1n) is 10.9. The van der Waals surface area contributed by atoms with Gasteiger partial charge in [0.05, 0.1) is 6.61 Å². The summed E-state index contributed by atoms with van der Waals surface area (Å²) in [6.07, 6.45) is 7.30. The highest BCUT2D eigenvalue weighted by molar-refractivity contribution is 8.48. The number of hydrogen-bond donors (Lipinski definition) is 0. The van der Waals surface area contributed by atoms with Gasteiger partial charge >= 0.3 is 11.9 Å². The SMILES string of the molecule is C#CC#CC#CC#CC#CC#CC#CC#COCCOC(=O)C(C)(C)SC(=S)SC(C)(C)C(=O)OCCOC. The van der Waals surface area contributed by atoms with Crippen LogP contribution in [0.3, 0.4) is 0 Å². The fourth-order valence-electron chi connectivity index (χ4n) is 1.75. The number of esters is 2. The van der Waals surface area contributed by atoms with Gasteiger partial charge in [-0.1, -0.05) is 35.7 Å². The van der Waals surface area contributed by atoms with E-state index >= 15 is 0 Å². The molecule has 0 aromatic carbocycles. The summed E-state index contributed by atoms with van der Waals surface area (Å²) in [5.41, 5.74) is 0. The van der Waals surface area contributed by atoms with Gasteiger partial charge in [-0.2, -0.15) is 0 Å². The molecule has 0 radical (unpaired) electrons. The molecule has 0 aliphatic heterocycles. The number of hydrogen-bond acceptors (Lipinski definition) is 9. The second-order valence-corrected chi connectivity index (χ2v) is 11.9. The first kappa shape index (κ1) is 35.0. The molecule has 0 rings (SSSR count). The Bertz CT molecular complexity index is 1380. The van der Waals surface area contributed by atoms with Crippen LogP contribution in [0.5, 0.6) is 0 Å². The Morgan fingerprint density at radius 1 is 0.667 bits per heavy atom. The number of thioether (sulfide) groups is 2. The van der Waals surface area contributed by atoms with Gasteiger partial charge in [-0.25, -0.2) is 0 Å². The van der Waals surface area contributed by atoms with E-state index in [-0.39, 0.29) is 19.8 Å². The smallest absolute Gasteiger partial charge is 0.322 e. The standard InChI is InChI=1S/C30H24O6S3/c1-7-8-9-10-11-12-13-14-15-16-17-18-19-20-21-34-23-25-36-27(32)30(4,5)39-28(37)38-29(2,3)26(31)35-24-22-33-6/h1H,22-25H2,2-6H3. The summed E-state index contributed by atoms with van der Waals surface area (Å²) >= 11 is 7.65. The van der Waals surface area contributed by atoms with Gasteiger partial charge in [-0.3, -0.25) is 9.59 Å². The predicted octanol–water partition coefficient (Wildman–Crippen LogP) is 2.66. The van der Waals surface area contributed by atoms with Crippen LogP contribution in [0.25, 0.3) is 0 Å². The van der Waals surface area contributed by atoms with Crippen LogP contribution in [0.1, 0.15) is 27.7 Å². The predicted molar refractivity (Wildman–Crippen MR) is 159 cm³/mol. The Balaban J connectivity index is 4.44. The van der Waals surface area contributed by atoms with Gasteiger partial charge in [0.25, 0.3) is 0 Å². The highest BCUT2D eigenvalue weighted by Gasteiger charge is 2.37. The third-order valence-electron chi connectivity index (χ3n) is 3.54. The minimum atomic E-state index is -0.977. The van der Waals surface area contributed by atoms with Crippen molar-refractivity contribution in [2.45, 2.75) is 37.2 Å². The number of carbonyl (C=O) groups is 2. The van der Waals surface area contributed by atoms with Crippen LogP contribution in [0.4, 0.5) is 0 Å². The summed E-state index contributed by atoms with van der Waals surface area (Å²) in [4.78, 5) is 24.7. The molecule has 0 fully saturated rings. The Hall–Kier alpha value is -4.03. The number of thiocarbonyl (C=S) groups is 1. The van der Waals surface area contributed by atoms with Crippen LogP contribution >= 0.6 is 35.7 Å². The van der Waals surface area contributed by atoms with E-state index in [2.05, 4.69) is 89.0 Å². The summed E-state index contributed by atoms with van der Waals surface area (Å²) in [6.45, 7) is 7.24. The van der Waals surface area contributed by atoms with Crippen LogP contribution in [-0.2, 0) is 28.5 Å². The molecule has 0 atom stereocenters. The first-order chi connectivity index (χ1) is 18.6. The zero-order valence-corrected chi connectivity index (χ0v) is 24.5. The van der Waals surface area contributed by atoms with E-state index in [1.165, 1.54) is 7.11 Å². The molecule has 0 N–H and O–H groups in total. The topological polar surface area (TPSA) is 71.1 Å². The lowest BCUT2D eigenvalue weighted by atomic mass is 10.2. The zero-order valence-electron chi connectivity index (χ0n) is 22.1. The first-order valence-corrected chi connectivity index (χ1v) is 12.9. The largest absolute Gasteiger partial charge is 0.462 e. The molecule has 0 saturated heterocycles. The average Bonchev–Trinajstić information content (AvgIpc) is 2.87. The molecule has 39 heavy (non-hydrogen) atoms. The van der Waals surface area contributed by atoms with E-state index in [1.807, 2.05) is 0 Å². The minimum Gasteiger partial charge on any atom is -0.462 e. The Morgan fingerprint density at radius 2 is 1.05 bits per heavy atom. The molecule has 0 aromatic rings. The van der Waals surface area contributed by atoms with E-state index in [0.717, 1.165) is 23.5 Å². The highest BCUT2D eigenvalue weighted by atomic mass is 32.2. The highest BCUT2D eigenvalue weighted by Crippen LogP contribution is 2.38. The zero-order chi connectivity index (χ0) is 29.4. The van der Waals surface area contributed by atoms with Crippen molar-refractivity contribution in [3.63, 3.8) is 0 Å². The number of ether oxygens (including phenoxy) is 4. The maximum atomic E-state index is 12.5. The Morgan fingerprint density at radius 3 is 1.46 bits per heavy atom. The summed E-state index contributed by atoms with van der Waals surface area (Å²) in [6, 6.07) is 0. The molecule has 198 valence electrons. The molecule has 6 nitrogen and oxygen atoms in total. The summed E-state index contributed by atoms with van der Waals surface area (Å²) in [7, 11) is 1.52. The van der Waals surface area contributed by atoms with Crippen molar-refractivity contribution < 1.29 is 28.5 Å². The maximum absolute atomic E-state index is 12.5. The van der Waals surface area contributed by atoms with E-state index < -0.39 is 21.4 Å². The Kier molecular flexibility index (Phi) is 18.8. The number of rotatable bonds is 10. The van der Waals surface area contributed by atoms with Crippen molar-refractivity contribution in [3.8, 4) is 95.4 Å². The van der Waals surface area contributed by atoms with Crippen molar-refractivity contribution in [2.24, 2.45) is 0 Å².